The normalized spacial score (nSPS) is 16.0. The summed E-state index contributed by atoms with van der Waals surface area (Å²) in [6, 6.07) is 0. The topological polar surface area (TPSA) is 117 Å². The van der Waals surface area contributed by atoms with Gasteiger partial charge in [0.15, 0.2) is 0 Å². The zero-order valence-corrected chi connectivity index (χ0v) is 16.0. The van der Waals surface area contributed by atoms with Gasteiger partial charge in [-0.3, -0.25) is 4.79 Å². The minimum absolute atomic E-state index is 0.0240. The zero-order valence-electron chi connectivity index (χ0n) is 15.1. The highest BCUT2D eigenvalue weighted by atomic mass is 32.2. The van der Waals surface area contributed by atoms with Crippen LogP contribution in [0.15, 0.2) is 9.31 Å². The number of amides is 1. The molecule has 1 fully saturated rings. The van der Waals surface area contributed by atoms with Gasteiger partial charge in [0.1, 0.15) is 28.6 Å². The number of carbonyl (C=O) groups excluding carboxylic acids is 1. The van der Waals surface area contributed by atoms with Crippen LogP contribution >= 0.6 is 0 Å². The van der Waals surface area contributed by atoms with Crippen LogP contribution in [-0.4, -0.2) is 74.0 Å². The molecule has 1 N–H and O–H groups in total. The number of nitrogens with zero attached hydrogens (tertiary/aromatic N) is 2. The largest absolute Gasteiger partial charge is 0.478 e. The van der Waals surface area contributed by atoms with Crippen molar-refractivity contribution in [3.05, 3.63) is 17.1 Å². The number of hydrogen-bond acceptors (Lipinski definition) is 6. The molecule has 0 saturated carbocycles. The van der Waals surface area contributed by atoms with Gasteiger partial charge in [-0.05, 0) is 20.3 Å². The average molecular weight is 388 g/mol. The highest BCUT2D eigenvalue weighted by Crippen LogP contribution is 2.29. The van der Waals surface area contributed by atoms with Crippen molar-refractivity contribution in [3.8, 4) is 0 Å². The first-order chi connectivity index (χ1) is 12.2. The van der Waals surface area contributed by atoms with Gasteiger partial charge in [-0.25, -0.2) is 13.2 Å². The van der Waals surface area contributed by atoms with Crippen molar-refractivity contribution in [2.75, 3.05) is 39.4 Å². The quantitative estimate of drug-likeness (QED) is 0.688. The molecule has 0 spiro atoms. The molecule has 1 aliphatic rings. The molecular formula is C16H24N2O7S. The second kappa shape index (κ2) is 8.19. The molecule has 1 amide bonds. The summed E-state index contributed by atoms with van der Waals surface area (Å²) in [6.45, 7) is 5.90. The first-order valence-electron chi connectivity index (χ1n) is 8.39. The number of furan rings is 1. The van der Waals surface area contributed by atoms with Crippen LogP contribution < -0.4 is 0 Å². The number of sulfonamides is 1. The lowest BCUT2D eigenvalue weighted by molar-refractivity contribution is -0.137. The summed E-state index contributed by atoms with van der Waals surface area (Å²) in [5.74, 6) is -1.43. The van der Waals surface area contributed by atoms with E-state index >= 15 is 0 Å². The monoisotopic (exact) mass is 388 g/mol. The molecule has 1 aromatic rings. The Morgan fingerprint density at radius 2 is 1.77 bits per heavy atom. The Balaban J connectivity index is 2.12. The van der Waals surface area contributed by atoms with Crippen molar-refractivity contribution < 1.29 is 32.3 Å². The van der Waals surface area contributed by atoms with Gasteiger partial charge in [0, 0.05) is 32.8 Å². The number of carboxylic acid groups (broad SMARTS) is 1. The minimum Gasteiger partial charge on any atom is -0.478 e. The van der Waals surface area contributed by atoms with Crippen LogP contribution in [0, 0.1) is 13.8 Å². The second-order valence-electron chi connectivity index (χ2n) is 6.06. The fourth-order valence-corrected chi connectivity index (χ4v) is 4.72. The average Bonchev–Trinajstić information content (AvgIpc) is 2.90. The summed E-state index contributed by atoms with van der Waals surface area (Å²) in [6.07, 6.45) is 0.814. The molecule has 2 heterocycles. The Labute approximate surface area is 152 Å². The number of aryl methyl sites for hydroxylation is 2. The van der Waals surface area contributed by atoms with Crippen LogP contribution in [0.2, 0.25) is 0 Å². The molecular weight excluding hydrogens is 364 g/mol. The predicted octanol–water partition coefficient (Wildman–Crippen LogP) is 0.854. The van der Waals surface area contributed by atoms with Crippen LogP contribution in [0.4, 0.5) is 0 Å². The van der Waals surface area contributed by atoms with E-state index < -0.39 is 16.0 Å². The maximum Gasteiger partial charge on any atom is 0.340 e. The highest BCUT2D eigenvalue weighted by molar-refractivity contribution is 7.89. The molecule has 0 radical (unpaired) electrons. The highest BCUT2D eigenvalue weighted by Gasteiger charge is 2.37. The summed E-state index contributed by atoms with van der Waals surface area (Å²) >= 11 is 0. The van der Waals surface area contributed by atoms with Gasteiger partial charge in [0.25, 0.3) is 0 Å². The van der Waals surface area contributed by atoms with Crippen molar-refractivity contribution in [3.63, 3.8) is 0 Å². The summed E-state index contributed by atoms with van der Waals surface area (Å²) in [7, 11) is -4.03. The van der Waals surface area contributed by atoms with Crippen molar-refractivity contribution in [1.29, 1.82) is 0 Å². The Kier molecular flexibility index (Phi) is 6.43. The molecule has 146 valence electrons. The van der Waals surface area contributed by atoms with Crippen LogP contribution in [0.5, 0.6) is 0 Å². The Hall–Kier alpha value is -1.91. The molecule has 0 atom stereocenters. The molecule has 0 aliphatic carbocycles. The van der Waals surface area contributed by atoms with Crippen molar-refractivity contribution >= 4 is 21.9 Å². The van der Waals surface area contributed by atoms with E-state index in [1.165, 1.54) is 18.2 Å². The van der Waals surface area contributed by atoms with E-state index in [1.807, 2.05) is 6.92 Å². The van der Waals surface area contributed by atoms with E-state index in [4.69, 9.17) is 9.15 Å². The predicted molar refractivity (Wildman–Crippen MR) is 91.6 cm³/mol. The first kappa shape index (κ1) is 20.4. The van der Waals surface area contributed by atoms with Gasteiger partial charge in [0.05, 0.1) is 0 Å². The maximum atomic E-state index is 12.9. The SMILES string of the molecule is CCCOCC(=O)N1CCN(S(=O)(=O)c2c(C)oc(C)c2C(=O)O)CC1. The maximum absolute atomic E-state index is 12.9. The third kappa shape index (κ3) is 4.08. The van der Waals surface area contributed by atoms with E-state index in [9.17, 15) is 23.1 Å². The van der Waals surface area contributed by atoms with Gasteiger partial charge in [0.2, 0.25) is 15.9 Å². The summed E-state index contributed by atoms with van der Waals surface area (Å²) in [5.41, 5.74) is -0.339. The molecule has 10 heteroatoms. The zero-order chi connectivity index (χ0) is 19.5. The standard InChI is InChI=1S/C16H24N2O7S/c1-4-9-24-10-13(19)17-5-7-18(8-6-17)26(22,23)15-12(3)25-11(2)14(15)16(20)21/h4-10H2,1-3H3,(H,20,21). The summed E-state index contributed by atoms with van der Waals surface area (Å²) < 4.78 is 37.5. The third-order valence-electron chi connectivity index (χ3n) is 4.18. The van der Waals surface area contributed by atoms with Crippen molar-refractivity contribution in [2.45, 2.75) is 32.1 Å². The number of rotatable bonds is 7. The number of aromatic carboxylic acids is 1. The number of carboxylic acids is 1. The van der Waals surface area contributed by atoms with E-state index in [1.54, 1.807) is 4.90 Å². The van der Waals surface area contributed by atoms with E-state index in [0.717, 1.165) is 6.42 Å². The lowest BCUT2D eigenvalue weighted by Gasteiger charge is -2.34. The van der Waals surface area contributed by atoms with Crippen molar-refractivity contribution in [1.82, 2.24) is 9.21 Å². The smallest absolute Gasteiger partial charge is 0.340 e. The van der Waals surface area contributed by atoms with Crippen LogP contribution in [0.3, 0.4) is 0 Å². The second-order valence-corrected chi connectivity index (χ2v) is 7.94. The molecule has 0 aromatic carbocycles. The third-order valence-corrected chi connectivity index (χ3v) is 6.23. The van der Waals surface area contributed by atoms with E-state index in [0.29, 0.717) is 6.61 Å². The number of carbonyl (C=O) groups is 2. The van der Waals surface area contributed by atoms with Crippen LogP contribution in [0.1, 0.15) is 35.2 Å². The van der Waals surface area contributed by atoms with Crippen LogP contribution in [-0.2, 0) is 19.6 Å². The fourth-order valence-electron chi connectivity index (χ4n) is 2.92. The minimum atomic E-state index is -4.03. The Morgan fingerprint density at radius 1 is 1.15 bits per heavy atom. The summed E-state index contributed by atoms with van der Waals surface area (Å²) in [5, 5.41) is 9.33. The molecule has 1 aromatic heterocycles. The van der Waals surface area contributed by atoms with Crippen molar-refractivity contribution in [2.24, 2.45) is 0 Å². The molecule has 0 unspecified atom stereocenters. The van der Waals surface area contributed by atoms with Gasteiger partial charge < -0.3 is 19.2 Å². The molecule has 0 bridgehead atoms. The molecule has 2 rings (SSSR count). The summed E-state index contributed by atoms with van der Waals surface area (Å²) in [4.78, 5) is 24.7. The molecule has 26 heavy (non-hydrogen) atoms. The van der Waals surface area contributed by atoms with Gasteiger partial charge in [-0.2, -0.15) is 4.31 Å². The molecule has 1 aliphatic heterocycles. The van der Waals surface area contributed by atoms with Crippen LogP contribution in [0.25, 0.3) is 0 Å². The fraction of sp³-hybridized carbons (Fsp3) is 0.625. The van der Waals surface area contributed by atoms with Gasteiger partial charge in [-0.15, -0.1) is 0 Å². The lowest BCUT2D eigenvalue weighted by Crippen LogP contribution is -2.51. The number of ether oxygens (including phenoxy) is 1. The van der Waals surface area contributed by atoms with Gasteiger partial charge >= 0.3 is 5.97 Å². The molecule has 9 nitrogen and oxygen atoms in total. The molecule has 1 saturated heterocycles. The number of hydrogen-bond donors (Lipinski definition) is 1. The Bertz CT molecular complexity index is 777. The lowest BCUT2D eigenvalue weighted by atomic mass is 10.2. The van der Waals surface area contributed by atoms with E-state index in [2.05, 4.69) is 0 Å². The Morgan fingerprint density at radius 3 is 2.31 bits per heavy atom. The number of piperazine rings is 1. The van der Waals surface area contributed by atoms with E-state index in [-0.39, 0.29) is 60.7 Å². The first-order valence-corrected chi connectivity index (χ1v) is 9.83. The van der Waals surface area contributed by atoms with Gasteiger partial charge in [-0.1, -0.05) is 6.92 Å².